The number of ether oxygens (including phenoxy) is 1. The van der Waals surface area contributed by atoms with Gasteiger partial charge in [0.1, 0.15) is 5.75 Å². The van der Waals surface area contributed by atoms with Crippen LogP contribution in [0.1, 0.15) is 72.9 Å². The normalized spacial score (nSPS) is 11.7. The number of hydrogen-bond donors (Lipinski definition) is 0. The first kappa shape index (κ1) is 55.3. The van der Waals surface area contributed by atoms with Crippen molar-refractivity contribution in [3.63, 3.8) is 0 Å². The van der Waals surface area contributed by atoms with Crippen molar-refractivity contribution in [3.05, 3.63) is 288 Å². The SMILES string of the molecule is CCCCc1ccc(N(c2ccc(C=Cc3ccc(N(c4ccc(C=Cc5ccc(N(c6ccc(CCCC)cc6)c6ccc7ccccc7c6)cc5)cc4)c4ccc(OCC(F)(F)F)cc4)cc3)cc2)c2ccc3ccccc3c2)cc1. The molecule has 0 spiro atoms. The Morgan fingerprint density at radius 3 is 0.916 bits per heavy atom. The van der Waals surface area contributed by atoms with Gasteiger partial charge in [0.25, 0.3) is 0 Å². The quantitative estimate of drug-likeness (QED) is 0.0668. The molecule has 0 aliphatic carbocycles. The maximum absolute atomic E-state index is 13.1. The minimum absolute atomic E-state index is 0.142. The third kappa shape index (κ3) is 14.0. The van der Waals surface area contributed by atoms with Gasteiger partial charge in [-0.25, -0.2) is 0 Å². The Balaban J connectivity index is 0.817. The zero-order valence-corrected chi connectivity index (χ0v) is 46.9. The molecule has 0 heterocycles. The average Bonchev–Trinajstić information content (AvgIpc) is 3.66. The highest BCUT2D eigenvalue weighted by molar-refractivity contribution is 5.91. The minimum Gasteiger partial charge on any atom is -0.484 e. The van der Waals surface area contributed by atoms with Crippen LogP contribution in [-0.2, 0) is 12.8 Å². The Kier molecular flexibility index (Phi) is 17.3. The molecular formula is C76H66F3N3O. The van der Waals surface area contributed by atoms with E-state index in [-0.39, 0.29) is 5.75 Å². The van der Waals surface area contributed by atoms with Crippen molar-refractivity contribution in [2.75, 3.05) is 21.3 Å². The topological polar surface area (TPSA) is 19.0 Å². The van der Waals surface area contributed by atoms with Gasteiger partial charge in [-0.15, -0.1) is 0 Å². The third-order valence-electron chi connectivity index (χ3n) is 15.0. The molecule has 0 unspecified atom stereocenters. The Morgan fingerprint density at radius 2 is 0.602 bits per heavy atom. The molecule has 0 bridgehead atoms. The zero-order chi connectivity index (χ0) is 57.0. The van der Waals surface area contributed by atoms with Crippen LogP contribution in [-0.4, -0.2) is 12.8 Å². The number of alkyl halides is 3. The van der Waals surface area contributed by atoms with Gasteiger partial charge >= 0.3 is 6.18 Å². The number of hydrogen-bond acceptors (Lipinski definition) is 4. The lowest BCUT2D eigenvalue weighted by Gasteiger charge is -2.26. The molecular weight excluding hydrogens is 1030 g/mol. The molecule has 0 aliphatic heterocycles. The first-order valence-corrected chi connectivity index (χ1v) is 28.7. The van der Waals surface area contributed by atoms with Gasteiger partial charge in [-0.3, -0.25) is 0 Å². The number of nitrogens with zero attached hydrogens (tertiary/aromatic N) is 3. The second-order valence-corrected chi connectivity index (χ2v) is 21.0. The van der Waals surface area contributed by atoms with Gasteiger partial charge in [0.2, 0.25) is 0 Å². The van der Waals surface area contributed by atoms with E-state index in [1.54, 1.807) is 24.3 Å². The molecule has 11 aromatic carbocycles. The maximum atomic E-state index is 13.1. The molecule has 11 aromatic rings. The van der Waals surface area contributed by atoms with E-state index < -0.39 is 12.8 Å². The summed E-state index contributed by atoms with van der Waals surface area (Å²) in [7, 11) is 0. The number of halogens is 3. The van der Waals surface area contributed by atoms with Crippen LogP contribution in [0.2, 0.25) is 0 Å². The Labute approximate surface area is 486 Å². The second-order valence-electron chi connectivity index (χ2n) is 21.0. The van der Waals surface area contributed by atoms with E-state index in [4.69, 9.17) is 4.74 Å². The summed E-state index contributed by atoms with van der Waals surface area (Å²) in [6, 6.07) is 88.7. The molecule has 0 N–H and O–H groups in total. The van der Waals surface area contributed by atoms with Crippen LogP contribution < -0.4 is 19.4 Å². The molecule has 0 aromatic heterocycles. The number of rotatable bonds is 21. The Bertz CT molecular complexity index is 3720. The van der Waals surface area contributed by atoms with E-state index in [1.807, 2.05) is 0 Å². The molecule has 4 nitrogen and oxygen atoms in total. The van der Waals surface area contributed by atoms with E-state index in [0.29, 0.717) is 0 Å². The molecule has 0 saturated heterocycles. The number of anilines is 9. The van der Waals surface area contributed by atoms with Crippen LogP contribution in [0.3, 0.4) is 0 Å². The minimum atomic E-state index is -4.44. The third-order valence-corrected chi connectivity index (χ3v) is 15.0. The van der Waals surface area contributed by atoms with Gasteiger partial charge in [0, 0.05) is 51.2 Å². The Hall–Kier alpha value is -9.59. The lowest BCUT2D eigenvalue weighted by Crippen LogP contribution is -2.19. The van der Waals surface area contributed by atoms with Crippen molar-refractivity contribution in [1.82, 2.24) is 0 Å². The summed E-state index contributed by atoms with van der Waals surface area (Å²) in [5, 5.41) is 4.79. The van der Waals surface area contributed by atoms with E-state index in [1.165, 1.54) is 58.4 Å². The number of benzene rings is 11. The summed E-state index contributed by atoms with van der Waals surface area (Å²) in [4.78, 5) is 6.72. The zero-order valence-electron chi connectivity index (χ0n) is 46.9. The first-order chi connectivity index (χ1) is 40.6. The molecule has 0 aliphatic rings. The van der Waals surface area contributed by atoms with Crippen molar-refractivity contribution < 1.29 is 17.9 Å². The van der Waals surface area contributed by atoms with Gasteiger partial charge in [0.05, 0.1) is 0 Å². The average molecular weight is 1090 g/mol. The summed E-state index contributed by atoms with van der Waals surface area (Å²) in [5.74, 6) is 0.142. The fraction of sp³-hybridized carbons (Fsp3) is 0.132. The molecule has 0 radical (unpaired) electrons. The van der Waals surface area contributed by atoms with Crippen LogP contribution in [0.25, 0.3) is 45.8 Å². The highest BCUT2D eigenvalue weighted by atomic mass is 19.4. The fourth-order valence-electron chi connectivity index (χ4n) is 10.5. The number of fused-ring (bicyclic) bond motifs is 2. The molecule has 0 amide bonds. The lowest BCUT2D eigenvalue weighted by molar-refractivity contribution is -0.153. The molecule has 0 fully saturated rings. The molecule has 7 heteroatoms. The lowest BCUT2D eigenvalue weighted by atomic mass is 10.1. The molecule has 83 heavy (non-hydrogen) atoms. The first-order valence-electron chi connectivity index (χ1n) is 28.7. The molecule has 11 rings (SSSR count). The summed E-state index contributed by atoms with van der Waals surface area (Å²) in [5.41, 5.74) is 15.9. The maximum Gasteiger partial charge on any atom is 0.422 e. The van der Waals surface area contributed by atoms with Crippen molar-refractivity contribution in [2.24, 2.45) is 0 Å². The predicted molar refractivity (Wildman–Crippen MR) is 345 cm³/mol. The summed E-state index contributed by atoms with van der Waals surface area (Å²) >= 11 is 0. The molecule has 0 atom stereocenters. The fourth-order valence-corrected chi connectivity index (χ4v) is 10.5. The van der Waals surface area contributed by atoms with Crippen molar-refractivity contribution in [3.8, 4) is 5.75 Å². The summed E-state index contributed by atoms with van der Waals surface area (Å²) in [6.07, 6.45) is 10.8. The van der Waals surface area contributed by atoms with E-state index in [2.05, 4.69) is 283 Å². The molecule has 412 valence electrons. The molecule has 0 saturated carbocycles. The van der Waals surface area contributed by atoms with E-state index in [0.717, 1.165) is 86.3 Å². The smallest absolute Gasteiger partial charge is 0.422 e. The monoisotopic (exact) mass is 1090 g/mol. The van der Waals surface area contributed by atoms with Gasteiger partial charge in [0.15, 0.2) is 6.61 Å². The highest BCUT2D eigenvalue weighted by Crippen LogP contribution is 2.40. The van der Waals surface area contributed by atoms with Crippen LogP contribution in [0.15, 0.2) is 255 Å². The van der Waals surface area contributed by atoms with Crippen LogP contribution >= 0.6 is 0 Å². The van der Waals surface area contributed by atoms with Gasteiger partial charge in [-0.05, 0) is 202 Å². The van der Waals surface area contributed by atoms with Gasteiger partial charge in [-0.1, -0.05) is 184 Å². The largest absolute Gasteiger partial charge is 0.484 e. The standard InChI is InChI=1S/C76H66F3N3O/c1-3-5-11-56-21-35-68(36-22-56)81(73-47-33-62-13-7-9-15-64(62)53-73)70-43-29-60(30-44-70)19-17-58-25-39-66(40-26-58)80(72-49-51-75(52-50-72)83-55-76(77,78)79)67-41-27-59(28-42-67)18-20-61-31-45-71(46-32-61)82(69-37-23-57(24-38-69)12-6-4-2)74-48-34-63-14-8-10-16-65(63)54-74/h7-10,13-54H,3-6,11-12,55H2,1-2H3. The van der Waals surface area contributed by atoms with Gasteiger partial charge < -0.3 is 19.4 Å². The van der Waals surface area contributed by atoms with Crippen LogP contribution in [0, 0.1) is 0 Å². The number of unbranched alkanes of at least 4 members (excludes halogenated alkanes) is 2. The second kappa shape index (κ2) is 25.9. The Morgan fingerprint density at radius 1 is 0.325 bits per heavy atom. The predicted octanol–water partition coefficient (Wildman–Crippen LogP) is 22.4. The van der Waals surface area contributed by atoms with E-state index >= 15 is 0 Å². The summed E-state index contributed by atoms with van der Waals surface area (Å²) < 4.78 is 44.4. The van der Waals surface area contributed by atoms with Crippen molar-refractivity contribution in [2.45, 2.75) is 58.5 Å². The van der Waals surface area contributed by atoms with Crippen molar-refractivity contribution >= 4 is 97.0 Å². The van der Waals surface area contributed by atoms with Crippen LogP contribution in [0.4, 0.5) is 64.4 Å². The number of aryl methyl sites for hydroxylation is 2. The van der Waals surface area contributed by atoms with Crippen LogP contribution in [0.5, 0.6) is 5.75 Å². The summed E-state index contributed by atoms with van der Waals surface area (Å²) in [6.45, 7) is 3.10. The van der Waals surface area contributed by atoms with Crippen molar-refractivity contribution in [1.29, 1.82) is 0 Å². The van der Waals surface area contributed by atoms with Gasteiger partial charge in [-0.2, -0.15) is 13.2 Å². The van der Waals surface area contributed by atoms with E-state index in [9.17, 15) is 13.2 Å². The highest BCUT2D eigenvalue weighted by Gasteiger charge is 2.28.